The zero-order chi connectivity index (χ0) is 10.9. The minimum atomic E-state index is 0.0385. The first kappa shape index (κ1) is 10.9. The van der Waals surface area contributed by atoms with Gasteiger partial charge in [0.05, 0.1) is 0 Å². The fraction of sp³-hybridized carbons (Fsp3) is 0.500. The maximum Gasteiger partial charge on any atom is 0.161 e. The van der Waals surface area contributed by atoms with Gasteiger partial charge in [-0.2, -0.15) is 0 Å². The minimum Gasteiger partial charge on any atom is -0.504 e. The highest BCUT2D eigenvalue weighted by atomic mass is 16.3. The lowest BCUT2D eigenvalue weighted by Gasteiger charge is -2.16. The van der Waals surface area contributed by atoms with E-state index < -0.39 is 0 Å². The number of phenols is 2. The van der Waals surface area contributed by atoms with E-state index in [0.29, 0.717) is 0 Å². The Kier molecular flexibility index (Phi) is 3.04. The molecule has 0 aliphatic carbocycles. The Balaban J connectivity index is 3.57. The topological polar surface area (TPSA) is 40.5 Å². The van der Waals surface area contributed by atoms with Crippen LogP contribution in [0, 0.1) is 13.8 Å². The van der Waals surface area contributed by atoms with Gasteiger partial charge < -0.3 is 10.2 Å². The monoisotopic (exact) mass is 194 g/mol. The third-order valence-electron chi connectivity index (χ3n) is 2.95. The molecule has 1 aromatic rings. The van der Waals surface area contributed by atoms with Crippen LogP contribution < -0.4 is 0 Å². The molecule has 0 fully saturated rings. The van der Waals surface area contributed by atoms with E-state index >= 15 is 0 Å². The lowest BCUT2D eigenvalue weighted by Crippen LogP contribution is -1.98. The summed E-state index contributed by atoms with van der Waals surface area (Å²) < 4.78 is 0. The number of benzene rings is 1. The van der Waals surface area contributed by atoms with Crippen molar-refractivity contribution < 1.29 is 10.2 Å². The number of rotatable bonds is 2. The molecule has 0 unspecified atom stereocenters. The quantitative estimate of drug-likeness (QED) is 0.711. The van der Waals surface area contributed by atoms with Crippen molar-refractivity contribution in [1.82, 2.24) is 0 Å². The summed E-state index contributed by atoms with van der Waals surface area (Å²) in [7, 11) is 0. The van der Waals surface area contributed by atoms with E-state index in [4.69, 9.17) is 0 Å². The minimum absolute atomic E-state index is 0.0385. The number of phenolic OH excluding ortho intramolecular Hbond substituents is 2. The summed E-state index contributed by atoms with van der Waals surface area (Å²) in [6.07, 6.45) is 1.65. The second kappa shape index (κ2) is 3.91. The van der Waals surface area contributed by atoms with Gasteiger partial charge in [-0.15, -0.1) is 0 Å². The Morgan fingerprint density at radius 1 is 0.786 bits per heavy atom. The predicted octanol–water partition coefficient (Wildman–Crippen LogP) is 2.84. The third kappa shape index (κ3) is 1.45. The average molecular weight is 194 g/mol. The molecule has 0 spiro atoms. The van der Waals surface area contributed by atoms with E-state index in [-0.39, 0.29) is 11.5 Å². The third-order valence-corrected chi connectivity index (χ3v) is 2.95. The fourth-order valence-electron chi connectivity index (χ4n) is 1.95. The van der Waals surface area contributed by atoms with Crippen LogP contribution in [-0.2, 0) is 12.8 Å². The van der Waals surface area contributed by atoms with Gasteiger partial charge >= 0.3 is 0 Å². The summed E-state index contributed by atoms with van der Waals surface area (Å²) in [4.78, 5) is 0. The van der Waals surface area contributed by atoms with Gasteiger partial charge in [0.15, 0.2) is 11.5 Å². The Bertz CT molecular complexity index is 319. The molecule has 0 aromatic heterocycles. The van der Waals surface area contributed by atoms with Crippen molar-refractivity contribution in [3.8, 4) is 11.5 Å². The molecule has 0 aliphatic rings. The first-order chi connectivity index (χ1) is 6.54. The average Bonchev–Trinajstić information content (AvgIpc) is 2.20. The molecule has 2 nitrogen and oxygen atoms in total. The van der Waals surface area contributed by atoms with Crippen LogP contribution in [0.15, 0.2) is 0 Å². The van der Waals surface area contributed by atoms with Crippen molar-refractivity contribution in [3.63, 3.8) is 0 Å². The van der Waals surface area contributed by atoms with Crippen molar-refractivity contribution in [2.45, 2.75) is 40.5 Å². The molecule has 2 heteroatoms. The molecule has 0 atom stereocenters. The number of hydrogen-bond acceptors (Lipinski definition) is 2. The molecular weight excluding hydrogens is 176 g/mol. The smallest absolute Gasteiger partial charge is 0.161 e. The molecule has 0 bridgehead atoms. The normalized spacial score (nSPS) is 10.6. The van der Waals surface area contributed by atoms with Crippen LogP contribution in [-0.4, -0.2) is 10.2 Å². The summed E-state index contributed by atoms with van der Waals surface area (Å²) >= 11 is 0. The number of hydrogen-bond donors (Lipinski definition) is 2. The fourth-order valence-corrected chi connectivity index (χ4v) is 1.95. The van der Waals surface area contributed by atoms with Gasteiger partial charge in [-0.25, -0.2) is 0 Å². The molecule has 1 aromatic carbocycles. The van der Waals surface area contributed by atoms with E-state index in [1.165, 1.54) is 5.56 Å². The van der Waals surface area contributed by atoms with Gasteiger partial charge in [0.2, 0.25) is 0 Å². The summed E-state index contributed by atoms with van der Waals surface area (Å²) in [5, 5.41) is 19.4. The Morgan fingerprint density at radius 2 is 1.29 bits per heavy atom. The molecule has 0 heterocycles. The van der Waals surface area contributed by atoms with Gasteiger partial charge in [-0.1, -0.05) is 13.8 Å². The molecular formula is C12H18O2. The molecule has 14 heavy (non-hydrogen) atoms. The summed E-state index contributed by atoms with van der Waals surface area (Å²) in [5.74, 6) is 0.101. The second-order valence-electron chi connectivity index (χ2n) is 3.61. The van der Waals surface area contributed by atoms with Gasteiger partial charge in [-0.05, 0) is 43.4 Å². The zero-order valence-corrected chi connectivity index (χ0v) is 9.31. The van der Waals surface area contributed by atoms with Crippen LogP contribution in [0.4, 0.5) is 0 Å². The van der Waals surface area contributed by atoms with E-state index in [0.717, 1.165) is 29.5 Å². The van der Waals surface area contributed by atoms with Crippen LogP contribution in [0.1, 0.15) is 36.1 Å². The van der Waals surface area contributed by atoms with Crippen molar-refractivity contribution in [2.75, 3.05) is 0 Å². The molecule has 1 rings (SSSR count). The summed E-state index contributed by atoms with van der Waals surface area (Å²) in [6, 6.07) is 0. The van der Waals surface area contributed by atoms with Crippen LogP contribution in [0.2, 0.25) is 0 Å². The van der Waals surface area contributed by atoms with Gasteiger partial charge in [0, 0.05) is 5.56 Å². The maximum atomic E-state index is 9.76. The van der Waals surface area contributed by atoms with Gasteiger partial charge in [0.1, 0.15) is 0 Å². The lowest BCUT2D eigenvalue weighted by atomic mass is 9.92. The molecule has 78 valence electrons. The highest BCUT2D eigenvalue weighted by molar-refractivity contribution is 5.57. The van der Waals surface area contributed by atoms with E-state index in [1.807, 2.05) is 20.8 Å². The molecule has 0 saturated carbocycles. The summed E-state index contributed by atoms with van der Waals surface area (Å²) in [5.41, 5.74) is 3.93. The van der Waals surface area contributed by atoms with Crippen molar-refractivity contribution in [2.24, 2.45) is 0 Å². The van der Waals surface area contributed by atoms with E-state index in [2.05, 4.69) is 6.92 Å². The molecule has 0 radical (unpaired) electrons. The van der Waals surface area contributed by atoms with Crippen LogP contribution in [0.5, 0.6) is 11.5 Å². The molecule has 2 N–H and O–H groups in total. The maximum absolute atomic E-state index is 9.76. The molecule has 0 saturated heterocycles. The van der Waals surface area contributed by atoms with Crippen molar-refractivity contribution in [1.29, 1.82) is 0 Å². The Hall–Kier alpha value is -1.18. The second-order valence-corrected chi connectivity index (χ2v) is 3.61. The summed E-state index contributed by atoms with van der Waals surface area (Å²) in [6.45, 7) is 7.88. The molecule has 0 amide bonds. The van der Waals surface area contributed by atoms with Crippen molar-refractivity contribution in [3.05, 3.63) is 22.3 Å². The van der Waals surface area contributed by atoms with Crippen molar-refractivity contribution >= 4 is 0 Å². The highest BCUT2D eigenvalue weighted by Gasteiger charge is 2.16. The van der Waals surface area contributed by atoms with Gasteiger partial charge in [0.25, 0.3) is 0 Å². The highest BCUT2D eigenvalue weighted by Crippen LogP contribution is 2.38. The molecule has 0 aliphatic heterocycles. The Morgan fingerprint density at radius 3 is 1.71 bits per heavy atom. The lowest BCUT2D eigenvalue weighted by molar-refractivity contribution is 0.396. The standard InChI is InChI=1S/C12H18O2/c1-5-9-7(3)8(4)11(13)12(14)10(9)6-2/h13-14H,5-6H2,1-4H3. The number of aromatic hydroxyl groups is 2. The van der Waals surface area contributed by atoms with Crippen LogP contribution >= 0.6 is 0 Å². The Labute approximate surface area is 85.2 Å². The van der Waals surface area contributed by atoms with Crippen LogP contribution in [0.3, 0.4) is 0 Å². The first-order valence-electron chi connectivity index (χ1n) is 5.07. The zero-order valence-electron chi connectivity index (χ0n) is 9.31. The first-order valence-corrected chi connectivity index (χ1v) is 5.07. The van der Waals surface area contributed by atoms with E-state index in [1.54, 1.807) is 0 Å². The predicted molar refractivity (Wildman–Crippen MR) is 58.0 cm³/mol. The van der Waals surface area contributed by atoms with Crippen LogP contribution in [0.25, 0.3) is 0 Å². The SMILES string of the molecule is CCc1c(C)c(C)c(O)c(O)c1CC. The van der Waals surface area contributed by atoms with E-state index in [9.17, 15) is 10.2 Å². The van der Waals surface area contributed by atoms with Gasteiger partial charge in [-0.3, -0.25) is 0 Å². The largest absolute Gasteiger partial charge is 0.504 e.